The van der Waals surface area contributed by atoms with Crippen LogP contribution in [0.1, 0.15) is 38.5 Å². The molecule has 2 aliphatic rings. The second kappa shape index (κ2) is 5.61. The molecule has 0 saturated heterocycles. The number of carboxylic acid groups (broad SMARTS) is 1. The third-order valence-corrected chi connectivity index (χ3v) is 4.40. The van der Waals surface area contributed by atoms with Gasteiger partial charge >= 0.3 is 12.1 Å². The lowest BCUT2D eigenvalue weighted by atomic mass is 9.86. The fourth-order valence-electron chi connectivity index (χ4n) is 3.55. The molecule has 7 heteroatoms. The molecule has 2 fully saturated rings. The molecule has 0 spiro atoms. The van der Waals surface area contributed by atoms with Crippen LogP contribution in [0.4, 0.5) is 13.2 Å². The minimum absolute atomic E-state index is 0.142. The normalized spacial score (nSPS) is 30.2. The van der Waals surface area contributed by atoms with Crippen molar-refractivity contribution >= 4 is 11.9 Å². The quantitative estimate of drug-likeness (QED) is 0.817. The van der Waals surface area contributed by atoms with E-state index in [1.807, 2.05) is 5.32 Å². The number of rotatable bonds is 5. The maximum absolute atomic E-state index is 12.2. The van der Waals surface area contributed by atoms with Crippen molar-refractivity contribution in [2.45, 2.75) is 50.7 Å². The predicted molar refractivity (Wildman–Crippen MR) is 63.8 cm³/mol. The van der Waals surface area contributed by atoms with Gasteiger partial charge in [0.05, 0.1) is 6.42 Å². The van der Waals surface area contributed by atoms with Gasteiger partial charge in [0.2, 0.25) is 5.91 Å². The molecular formula is C13H18F3NO3. The number of hydrogen-bond acceptors (Lipinski definition) is 2. The van der Waals surface area contributed by atoms with Crippen molar-refractivity contribution in [3.8, 4) is 0 Å². The summed E-state index contributed by atoms with van der Waals surface area (Å²) in [6.07, 6.45) is -1.71. The van der Waals surface area contributed by atoms with Crippen LogP contribution >= 0.6 is 0 Å². The summed E-state index contributed by atoms with van der Waals surface area (Å²) in [6.45, 7) is 0. The lowest BCUT2D eigenvalue weighted by Gasteiger charge is -2.22. The van der Waals surface area contributed by atoms with E-state index in [4.69, 9.17) is 5.11 Å². The van der Waals surface area contributed by atoms with Crippen molar-refractivity contribution in [3.63, 3.8) is 0 Å². The molecule has 2 rings (SSSR count). The van der Waals surface area contributed by atoms with Crippen molar-refractivity contribution < 1.29 is 27.9 Å². The number of carbonyl (C=O) groups is 2. The number of nitrogens with one attached hydrogen (secondary N) is 1. The topological polar surface area (TPSA) is 66.4 Å². The zero-order valence-corrected chi connectivity index (χ0v) is 10.9. The Morgan fingerprint density at radius 2 is 1.95 bits per heavy atom. The fourth-order valence-corrected chi connectivity index (χ4v) is 3.55. The molecule has 0 radical (unpaired) electrons. The molecule has 0 heterocycles. The van der Waals surface area contributed by atoms with E-state index >= 15 is 0 Å². The van der Waals surface area contributed by atoms with E-state index in [1.54, 1.807) is 0 Å². The van der Waals surface area contributed by atoms with E-state index in [1.165, 1.54) is 6.42 Å². The highest BCUT2D eigenvalue weighted by Crippen LogP contribution is 2.49. The van der Waals surface area contributed by atoms with Crippen LogP contribution in [0.15, 0.2) is 0 Å². The summed E-state index contributed by atoms with van der Waals surface area (Å²) in [6, 6.07) is -1.89. The maximum atomic E-state index is 12.2. The van der Waals surface area contributed by atoms with Crippen molar-refractivity contribution in [2.75, 3.05) is 0 Å². The second-order valence-electron chi connectivity index (χ2n) is 5.92. The third-order valence-electron chi connectivity index (χ3n) is 4.40. The van der Waals surface area contributed by atoms with Crippen molar-refractivity contribution in [1.29, 1.82) is 0 Å². The van der Waals surface area contributed by atoms with Crippen LogP contribution in [-0.4, -0.2) is 29.2 Å². The Kier molecular flexibility index (Phi) is 4.25. The predicted octanol–water partition coefficient (Wildman–Crippen LogP) is 2.33. The Balaban J connectivity index is 1.84. The van der Waals surface area contributed by atoms with Gasteiger partial charge in [0, 0.05) is 6.42 Å². The first-order chi connectivity index (χ1) is 9.24. The van der Waals surface area contributed by atoms with Crippen molar-refractivity contribution in [3.05, 3.63) is 0 Å². The highest BCUT2D eigenvalue weighted by molar-refractivity contribution is 5.83. The first-order valence-corrected chi connectivity index (χ1v) is 6.83. The first-order valence-electron chi connectivity index (χ1n) is 6.83. The molecule has 0 aromatic rings. The molecule has 20 heavy (non-hydrogen) atoms. The highest BCUT2D eigenvalue weighted by atomic mass is 19.4. The molecule has 0 aromatic heterocycles. The Labute approximate surface area is 114 Å². The van der Waals surface area contributed by atoms with Gasteiger partial charge < -0.3 is 10.4 Å². The number of aliphatic carboxylic acids is 1. The first kappa shape index (κ1) is 15.1. The largest absolute Gasteiger partial charge is 0.480 e. The number of carboxylic acids is 1. The summed E-state index contributed by atoms with van der Waals surface area (Å²) in [5, 5.41) is 10.7. The van der Waals surface area contributed by atoms with Crippen LogP contribution in [0.3, 0.4) is 0 Å². The third kappa shape index (κ3) is 3.86. The summed E-state index contributed by atoms with van der Waals surface area (Å²) in [5.41, 5.74) is 0. The molecule has 2 saturated carbocycles. The maximum Gasteiger partial charge on any atom is 0.391 e. The fraction of sp³-hybridized carbons (Fsp3) is 0.846. The second-order valence-corrected chi connectivity index (χ2v) is 5.92. The number of alkyl halides is 3. The Morgan fingerprint density at radius 3 is 2.40 bits per heavy atom. The highest BCUT2D eigenvalue weighted by Gasteiger charge is 2.41. The van der Waals surface area contributed by atoms with Crippen LogP contribution in [0.25, 0.3) is 0 Å². The van der Waals surface area contributed by atoms with Gasteiger partial charge in [0.15, 0.2) is 0 Å². The standard InChI is InChI=1S/C13H18F3NO3/c14-13(15,16)6-10(12(19)20)17-11(18)5-9-4-7-1-2-8(9)3-7/h7-10H,1-6H2,(H,17,18)(H,19,20). The Morgan fingerprint density at radius 1 is 1.25 bits per heavy atom. The van der Waals surface area contributed by atoms with E-state index in [9.17, 15) is 22.8 Å². The molecule has 0 aromatic carbocycles. The number of fused-ring (bicyclic) bond motifs is 2. The van der Waals surface area contributed by atoms with Gasteiger partial charge in [-0.3, -0.25) is 4.79 Å². The summed E-state index contributed by atoms with van der Waals surface area (Å²) in [5.74, 6) is -0.906. The molecule has 114 valence electrons. The van der Waals surface area contributed by atoms with Crippen molar-refractivity contribution in [1.82, 2.24) is 5.32 Å². The monoisotopic (exact) mass is 293 g/mol. The number of amides is 1. The molecule has 2 N–H and O–H groups in total. The van der Waals surface area contributed by atoms with E-state index in [-0.39, 0.29) is 12.3 Å². The molecule has 2 aliphatic carbocycles. The number of carbonyl (C=O) groups excluding carboxylic acids is 1. The molecular weight excluding hydrogens is 275 g/mol. The number of hydrogen-bond donors (Lipinski definition) is 2. The van der Waals surface area contributed by atoms with Crippen molar-refractivity contribution in [2.24, 2.45) is 17.8 Å². The smallest absolute Gasteiger partial charge is 0.391 e. The summed E-state index contributed by atoms with van der Waals surface area (Å²) >= 11 is 0. The van der Waals surface area contributed by atoms with Gasteiger partial charge in [-0.15, -0.1) is 0 Å². The zero-order chi connectivity index (χ0) is 14.9. The van der Waals surface area contributed by atoms with Crippen LogP contribution < -0.4 is 5.32 Å². The van der Waals surface area contributed by atoms with E-state index in [0.717, 1.165) is 19.3 Å². The summed E-state index contributed by atoms with van der Waals surface area (Å²) in [4.78, 5) is 22.5. The molecule has 0 aliphatic heterocycles. The average molecular weight is 293 g/mol. The van der Waals surface area contributed by atoms with Crippen LogP contribution in [0.2, 0.25) is 0 Å². The zero-order valence-electron chi connectivity index (χ0n) is 10.9. The van der Waals surface area contributed by atoms with Gasteiger partial charge in [-0.05, 0) is 37.0 Å². The van der Waals surface area contributed by atoms with Gasteiger partial charge in [-0.1, -0.05) is 6.42 Å². The van der Waals surface area contributed by atoms with Gasteiger partial charge in [-0.25, -0.2) is 4.79 Å². The molecule has 4 unspecified atom stereocenters. The lowest BCUT2D eigenvalue weighted by molar-refractivity contribution is -0.160. The number of halogens is 3. The minimum Gasteiger partial charge on any atom is -0.480 e. The van der Waals surface area contributed by atoms with E-state index in [0.29, 0.717) is 11.8 Å². The van der Waals surface area contributed by atoms with Crippen LogP contribution in [0.5, 0.6) is 0 Å². The van der Waals surface area contributed by atoms with Gasteiger partial charge in [0.25, 0.3) is 0 Å². The molecule has 4 nitrogen and oxygen atoms in total. The van der Waals surface area contributed by atoms with Gasteiger partial charge in [-0.2, -0.15) is 13.2 Å². The molecule has 2 bridgehead atoms. The summed E-state index contributed by atoms with van der Waals surface area (Å²) in [7, 11) is 0. The SMILES string of the molecule is O=C(CC1CC2CCC1C2)NC(CC(F)(F)F)C(=O)O. The lowest BCUT2D eigenvalue weighted by Crippen LogP contribution is -2.44. The van der Waals surface area contributed by atoms with E-state index in [2.05, 4.69) is 0 Å². The van der Waals surface area contributed by atoms with E-state index < -0.39 is 30.5 Å². The molecule has 1 amide bonds. The van der Waals surface area contributed by atoms with Crippen LogP contribution in [-0.2, 0) is 9.59 Å². The van der Waals surface area contributed by atoms with Gasteiger partial charge in [0.1, 0.15) is 6.04 Å². The molecule has 4 atom stereocenters. The Hall–Kier alpha value is -1.27. The van der Waals surface area contributed by atoms with Crippen LogP contribution in [0, 0.1) is 17.8 Å². The summed E-state index contributed by atoms with van der Waals surface area (Å²) < 4.78 is 36.7. The average Bonchev–Trinajstić information content (AvgIpc) is 2.87. The minimum atomic E-state index is -4.61. The Bertz CT molecular complexity index is 397.